The monoisotopic (exact) mass is 304 g/mol. The Morgan fingerprint density at radius 3 is 2.48 bits per heavy atom. The fourth-order valence-corrected chi connectivity index (χ4v) is 2.56. The van der Waals surface area contributed by atoms with Gasteiger partial charge in [0.15, 0.2) is 0 Å². The van der Waals surface area contributed by atoms with E-state index < -0.39 is 6.04 Å². The van der Waals surface area contributed by atoms with Crippen LogP contribution in [0.15, 0.2) is 38.8 Å². The highest BCUT2D eigenvalue weighted by molar-refractivity contribution is 6.30. The van der Waals surface area contributed by atoms with Gasteiger partial charge in [0, 0.05) is 19.1 Å². The van der Waals surface area contributed by atoms with Crippen LogP contribution in [0.2, 0.25) is 5.02 Å². The smallest absolute Gasteiger partial charge is 0.332 e. The van der Waals surface area contributed by atoms with E-state index in [9.17, 15) is 9.59 Å². The summed E-state index contributed by atoms with van der Waals surface area (Å²) in [7, 11) is 3.08. The van der Waals surface area contributed by atoms with Crippen molar-refractivity contribution in [3.63, 3.8) is 0 Å². The van der Waals surface area contributed by atoms with Crippen LogP contribution in [0.25, 0.3) is 0 Å². The maximum atomic E-state index is 12.4. The van der Waals surface area contributed by atoms with Crippen LogP contribution in [0.1, 0.15) is 17.2 Å². The highest BCUT2D eigenvalue weighted by atomic mass is 35.5. The summed E-state index contributed by atoms with van der Waals surface area (Å²) in [6.07, 6.45) is 1.50. The van der Waals surface area contributed by atoms with E-state index in [2.05, 4.69) is 10.3 Å². The van der Waals surface area contributed by atoms with Crippen LogP contribution in [0.5, 0.6) is 0 Å². The minimum Gasteiger partial charge on any atom is -0.332 e. The zero-order chi connectivity index (χ0) is 15.1. The molecule has 1 aromatic carbocycles. The SMILES string of the molecule is Cn1c2c(c(=O)n(C)c1=O)C(c1ccc(Cl)cc1)N=CN2. The summed E-state index contributed by atoms with van der Waals surface area (Å²) in [6, 6.07) is 6.69. The van der Waals surface area contributed by atoms with Crippen LogP contribution in [0.3, 0.4) is 0 Å². The van der Waals surface area contributed by atoms with Crippen molar-refractivity contribution in [1.82, 2.24) is 9.13 Å². The molecule has 0 bridgehead atoms. The van der Waals surface area contributed by atoms with Gasteiger partial charge in [0.1, 0.15) is 11.9 Å². The molecule has 0 fully saturated rings. The Kier molecular flexibility index (Phi) is 3.17. The molecular formula is C14H13ClN4O2. The Morgan fingerprint density at radius 2 is 1.81 bits per heavy atom. The van der Waals surface area contributed by atoms with E-state index >= 15 is 0 Å². The van der Waals surface area contributed by atoms with E-state index in [1.165, 1.54) is 18.0 Å². The molecule has 0 radical (unpaired) electrons. The van der Waals surface area contributed by atoms with E-state index in [1.54, 1.807) is 19.2 Å². The number of rotatable bonds is 1. The van der Waals surface area contributed by atoms with E-state index in [-0.39, 0.29) is 11.2 Å². The Morgan fingerprint density at radius 1 is 1.14 bits per heavy atom. The van der Waals surface area contributed by atoms with E-state index in [0.29, 0.717) is 16.4 Å². The third kappa shape index (κ3) is 2.08. The van der Waals surface area contributed by atoms with E-state index in [0.717, 1.165) is 10.1 Å². The fourth-order valence-electron chi connectivity index (χ4n) is 2.44. The number of aromatic nitrogens is 2. The molecule has 1 atom stereocenters. The Hall–Kier alpha value is -2.34. The number of fused-ring (bicyclic) bond motifs is 1. The third-order valence-corrected chi connectivity index (χ3v) is 3.84. The lowest BCUT2D eigenvalue weighted by atomic mass is 9.99. The van der Waals surface area contributed by atoms with E-state index in [1.807, 2.05) is 12.1 Å². The molecule has 1 aliphatic heterocycles. The molecule has 1 aromatic heterocycles. The predicted octanol–water partition coefficient (Wildman–Crippen LogP) is 1.28. The average molecular weight is 305 g/mol. The van der Waals surface area contributed by atoms with Gasteiger partial charge in [-0.3, -0.25) is 18.9 Å². The lowest BCUT2D eigenvalue weighted by molar-refractivity contribution is 0.660. The first kappa shape index (κ1) is 13.6. The molecule has 0 aliphatic carbocycles. The quantitative estimate of drug-likeness (QED) is 0.863. The lowest BCUT2D eigenvalue weighted by Gasteiger charge is -2.23. The Balaban J connectivity index is 2.28. The summed E-state index contributed by atoms with van der Waals surface area (Å²) in [5.74, 6) is 0.470. The van der Waals surface area contributed by atoms with Gasteiger partial charge >= 0.3 is 5.69 Å². The number of hydrogen-bond donors (Lipinski definition) is 1. The molecule has 3 rings (SSSR count). The minimum absolute atomic E-state index is 0.350. The number of halogens is 1. The second kappa shape index (κ2) is 4.89. The van der Waals surface area contributed by atoms with Crippen LogP contribution in [-0.2, 0) is 14.1 Å². The van der Waals surface area contributed by atoms with Crippen LogP contribution in [0, 0.1) is 0 Å². The summed E-state index contributed by atoms with van der Waals surface area (Å²) >= 11 is 5.89. The van der Waals surface area contributed by atoms with Gasteiger partial charge in [-0.2, -0.15) is 0 Å². The summed E-state index contributed by atoms with van der Waals surface area (Å²) in [5, 5.41) is 3.50. The summed E-state index contributed by atoms with van der Waals surface area (Å²) in [5.41, 5.74) is 0.562. The molecule has 7 heteroatoms. The highest BCUT2D eigenvalue weighted by Crippen LogP contribution is 2.30. The van der Waals surface area contributed by atoms with Gasteiger partial charge in [-0.1, -0.05) is 23.7 Å². The number of benzene rings is 1. The van der Waals surface area contributed by atoms with Crippen molar-refractivity contribution in [2.24, 2.45) is 19.1 Å². The second-order valence-electron chi connectivity index (χ2n) is 4.84. The van der Waals surface area contributed by atoms with Gasteiger partial charge in [-0.05, 0) is 17.7 Å². The highest BCUT2D eigenvalue weighted by Gasteiger charge is 2.26. The summed E-state index contributed by atoms with van der Waals surface area (Å²) < 4.78 is 2.50. The molecule has 2 heterocycles. The fraction of sp³-hybridized carbons (Fsp3) is 0.214. The van der Waals surface area contributed by atoms with Gasteiger partial charge in [-0.15, -0.1) is 0 Å². The van der Waals surface area contributed by atoms with E-state index in [4.69, 9.17) is 11.6 Å². The van der Waals surface area contributed by atoms with Gasteiger partial charge in [0.2, 0.25) is 0 Å². The topological polar surface area (TPSA) is 68.4 Å². The largest absolute Gasteiger partial charge is 0.332 e. The maximum Gasteiger partial charge on any atom is 0.332 e. The molecule has 0 saturated carbocycles. The van der Waals surface area contributed by atoms with Crippen molar-refractivity contribution in [2.75, 3.05) is 5.32 Å². The summed E-state index contributed by atoms with van der Waals surface area (Å²) in [6.45, 7) is 0. The van der Waals surface area contributed by atoms with Gasteiger partial charge in [0.25, 0.3) is 5.56 Å². The molecule has 21 heavy (non-hydrogen) atoms. The number of aliphatic imine (C=N–C) groups is 1. The third-order valence-electron chi connectivity index (χ3n) is 3.58. The van der Waals surface area contributed by atoms with Crippen molar-refractivity contribution in [1.29, 1.82) is 0 Å². The molecule has 0 amide bonds. The first-order valence-corrected chi connectivity index (χ1v) is 6.72. The first-order valence-electron chi connectivity index (χ1n) is 6.34. The average Bonchev–Trinajstić information content (AvgIpc) is 2.51. The molecule has 108 valence electrons. The normalized spacial score (nSPS) is 16.4. The van der Waals surface area contributed by atoms with Crippen LogP contribution in [-0.4, -0.2) is 15.5 Å². The van der Waals surface area contributed by atoms with Crippen molar-refractivity contribution in [3.05, 3.63) is 61.3 Å². The molecule has 1 N–H and O–H groups in total. The standard InChI is InChI=1S/C14H13ClN4O2/c1-18-12-10(13(20)19(2)14(18)21)11(16-7-17-12)8-3-5-9(15)6-4-8/h3-7,11H,1-2H3,(H,16,17). The Labute approximate surface area is 125 Å². The zero-order valence-electron chi connectivity index (χ0n) is 11.5. The molecule has 2 aromatic rings. The maximum absolute atomic E-state index is 12.4. The van der Waals surface area contributed by atoms with Crippen LogP contribution in [0.4, 0.5) is 5.82 Å². The van der Waals surface area contributed by atoms with Crippen molar-refractivity contribution >= 4 is 23.8 Å². The number of anilines is 1. The van der Waals surface area contributed by atoms with Crippen LogP contribution < -0.4 is 16.6 Å². The van der Waals surface area contributed by atoms with Crippen molar-refractivity contribution in [2.45, 2.75) is 6.04 Å². The van der Waals surface area contributed by atoms with Crippen LogP contribution >= 0.6 is 11.6 Å². The van der Waals surface area contributed by atoms with Gasteiger partial charge in [0.05, 0.1) is 11.9 Å². The number of nitrogens with one attached hydrogen (secondary N) is 1. The molecular weight excluding hydrogens is 292 g/mol. The predicted molar refractivity (Wildman–Crippen MR) is 82.3 cm³/mol. The number of hydrogen-bond acceptors (Lipinski definition) is 4. The van der Waals surface area contributed by atoms with Gasteiger partial charge in [-0.25, -0.2) is 4.79 Å². The molecule has 1 unspecified atom stereocenters. The van der Waals surface area contributed by atoms with Crippen molar-refractivity contribution in [3.8, 4) is 0 Å². The number of nitrogens with zero attached hydrogens (tertiary/aromatic N) is 3. The molecule has 0 spiro atoms. The minimum atomic E-state index is -0.455. The molecule has 1 aliphatic rings. The summed E-state index contributed by atoms with van der Waals surface area (Å²) in [4.78, 5) is 28.8. The zero-order valence-corrected chi connectivity index (χ0v) is 12.3. The van der Waals surface area contributed by atoms with Gasteiger partial charge < -0.3 is 5.32 Å². The second-order valence-corrected chi connectivity index (χ2v) is 5.28. The Bertz CT molecular complexity index is 849. The first-order chi connectivity index (χ1) is 10.0. The molecule has 6 nitrogen and oxygen atoms in total. The molecule has 0 saturated heterocycles. The van der Waals surface area contributed by atoms with Crippen molar-refractivity contribution < 1.29 is 0 Å². The lowest BCUT2D eigenvalue weighted by Crippen LogP contribution is -2.42.